The average molecular weight is 397 g/mol. The lowest BCUT2D eigenvalue weighted by Gasteiger charge is -2.20. The van der Waals surface area contributed by atoms with Gasteiger partial charge in [-0.25, -0.2) is 9.80 Å². The van der Waals surface area contributed by atoms with Gasteiger partial charge in [-0.3, -0.25) is 9.78 Å². The first kappa shape index (κ1) is 17.6. The molecule has 4 rings (SSSR count). The summed E-state index contributed by atoms with van der Waals surface area (Å²) in [7, 11) is 0. The molecule has 6 nitrogen and oxygen atoms in total. The molecule has 0 spiro atoms. The van der Waals surface area contributed by atoms with Gasteiger partial charge >= 0.3 is 5.97 Å². The number of esters is 1. The smallest absolute Gasteiger partial charge is 0.340 e. The number of ether oxygens (including phenoxy) is 1. The van der Waals surface area contributed by atoms with E-state index in [4.69, 9.17) is 4.74 Å². The molecule has 0 N–H and O–H groups in total. The van der Waals surface area contributed by atoms with Crippen LogP contribution in [0.5, 0.6) is 0 Å². The van der Waals surface area contributed by atoms with Crippen LogP contribution in [0.4, 0.5) is 0 Å². The van der Waals surface area contributed by atoms with Crippen LogP contribution in [-0.2, 0) is 9.53 Å². The van der Waals surface area contributed by atoms with E-state index in [-0.39, 0.29) is 18.6 Å². The highest BCUT2D eigenvalue weighted by Gasteiger charge is 2.34. The third-order valence-electron chi connectivity index (χ3n) is 4.07. The summed E-state index contributed by atoms with van der Waals surface area (Å²) in [5.74, 6) is -0.928. The summed E-state index contributed by atoms with van der Waals surface area (Å²) in [5, 5.41) is 9.93. The lowest BCUT2D eigenvalue weighted by atomic mass is 10.1. The Balaban J connectivity index is 1.50. The van der Waals surface area contributed by atoms with Crippen LogP contribution in [-0.4, -0.2) is 34.2 Å². The Morgan fingerprint density at radius 1 is 1.15 bits per heavy atom. The second kappa shape index (κ2) is 7.81. The molecule has 0 bridgehead atoms. The van der Waals surface area contributed by atoms with Crippen LogP contribution in [0, 0.1) is 0 Å². The van der Waals surface area contributed by atoms with Crippen molar-refractivity contribution in [3.8, 4) is 0 Å². The number of aromatic nitrogens is 1. The molecular weight excluding hydrogens is 382 g/mol. The molecule has 0 saturated heterocycles. The maximum atomic E-state index is 12.7. The highest BCUT2D eigenvalue weighted by molar-refractivity contribution is 7.12. The normalized spacial score (nSPS) is 16.2. The van der Waals surface area contributed by atoms with E-state index in [0.717, 1.165) is 15.5 Å². The van der Waals surface area contributed by atoms with E-state index in [1.54, 1.807) is 41.0 Å². The zero-order valence-electron chi connectivity index (χ0n) is 14.1. The van der Waals surface area contributed by atoms with Gasteiger partial charge in [-0.15, -0.1) is 22.7 Å². The Morgan fingerprint density at radius 3 is 2.70 bits per heavy atom. The first-order valence-corrected chi connectivity index (χ1v) is 10.0. The van der Waals surface area contributed by atoms with Crippen LogP contribution in [0.3, 0.4) is 0 Å². The highest BCUT2D eigenvalue weighted by atomic mass is 32.1. The second-order valence-corrected chi connectivity index (χ2v) is 7.74. The zero-order valence-corrected chi connectivity index (χ0v) is 15.8. The second-order valence-electron chi connectivity index (χ2n) is 5.82. The van der Waals surface area contributed by atoms with E-state index in [9.17, 15) is 9.59 Å². The maximum Gasteiger partial charge on any atom is 0.340 e. The molecule has 136 valence electrons. The van der Waals surface area contributed by atoms with Gasteiger partial charge in [0.2, 0.25) is 0 Å². The van der Waals surface area contributed by atoms with Crippen molar-refractivity contribution in [3.63, 3.8) is 0 Å². The van der Waals surface area contributed by atoms with Gasteiger partial charge in [0, 0.05) is 23.7 Å². The standard InChI is InChI=1S/C19H15N3O3S2/c23-18(12-25-19(24)13-4-1-7-20-11-13)22-15(17-6-3-9-27-17)10-14(21-22)16-5-2-8-26-16/h1-9,11,15H,10,12H2/t15-/m0/s1. The van der Waals surface area contributed by atoms with Crippen LogP contribution in [0.1, 0.15) is 32.6 Å². The molecule has 0 saturated carbocycles. The van der Waals surface area contributed by atoms with Gasteiger partial charge in [0.15, 0.2) is 6.61 Å². The van der Waals surface area contributed by atoms with Gasteiger partial charge in [0.1, 0.15) is 0 Å². The number of amides is 1. The van der Waals surface area contributed by atoms with Crippen molar-refractivity contribution in [1.29, 1.82) is 0 Å². The first-order valence-electron chi connectivity index (χ1n) is 8.26. The molecule has 1 atom stereocenters. The van der Waals surface area contributed by atoms with Gasteiger partial charge < -0.3 is 4.74 Å². The van der Waals surface area contributed by atoms with Crippen LogP contribution in [0.15, 0.2) is 64.7 Å². The number of carbonyl (C=O) groups excluding carboxylic acids is 2. The lowest BCUT2D eigenvalue weighted by Crippen LogP contribution is -2.31. The summed E-state index contributed by atoms with van der Waals surface area (Å²) >= 11 is 3.17. The number of nitrogens with zero attached hydrogens (tertiary/aromatic N) is 3. The molecule has 4 heterocycles. The van der Waals surface area contributed by atoms with E-state index in [1.165, 1.54) is 11.2 Å². The van der Waals surface area contributed by atoms with Crippen molar-refractivity contribution in [2.75, 3.05) is 6.61 Å². The van der Waals surface area contributed by atoms with E-state index < -0.39 is 5.97 Å². The van der Waals surface area contributed by atoms with E-state index >= 15 is 0 Å². The summed E-state index contributed by atoms with van der Waals surface area (Å²) in [4.78, 5) is 30.8. The Hall–Kier alpha value is -2.84. The zero-order chi connectivity index (χ0) is 18.6. The molecule has 1 aliphatic heterocycles. The summed E-state index contributed by atoms with van der Waals surface area (Å²) in [5.41, 5.74) is 1.18. The van der Waals surface area contributed by atoms with Crippen molar-refractivity contribution in [2.45, 2.75) is 12.5 Å². The largest absolute Gasteiger partial charge is 0.452 e. The lowest BCUT2D eigenvalue weighted by molar-refractivity contribution is -0.136. The minimum atomic E-state index is -0.578. The van der Waals surface area contributed by atoms with Crippen molar-refractivity contribution in [1.82, 2.24) is 9.99 Å². The minimum absolute atomic E-state index is 0.174. The monoisotopic (exact) mass is 397 g/mol. The summed E-state index contributed by atoms with van der Waals surface area (Å²) < 4.78 is 5.16. The quantitative estimate of drug-likeness (QED) is 0.615. The highest BCUT2D eigenvalue weighted by Crippen LogP contribution is 2.35. The predicted molar refractivity (Wildman–Crippen MR) is 104 cm³/mol. The molecule has 0 unspecified atom stereocenters. The van der Waals surface area contributed by atoms with E-state index in [0.29, 0.717) is 12.0 Å². The first-order chi connectivity index (χ1) is 13.2. The van der Waals surface area contributed by atoms with E-state index in [1.807, 2.05) is 35.0 Å². The summed E-state index contributed by atoms with van der Waals surface area (Å²) in [6, 6.07) is 11.0. The molecule has 27 heavy (non-hydrogen) atoms. The fraction of sp³-hybridized carbons (Fsp3) is 0.158. The number of hydrazone groups is 1. The maximum absolute atomic E-state index is 12.7. The molecule has 0 aromatic carbocycles. The fourth-order valence-electron chi connectivity index (χ4n) is 2.79. The third kappa shape index (κ3) is 3.81. The summed E-state index contributed by atoms with van der Waals surface area (Å²) in [6.45, 7) is -0.364. The molecule has 0 fully saturated rings. The average Bonchev–Trinajstić information content (AvgIpc) is 3.46. The number of carbonyl (C=O) groups is 2. The number of hydrogen-bond donors (Lipinski definition) is 0. The third-order valence-corrected chi connectivity index (χ3v) is 5.96. The van der Waals surface area contributed by atoms with Gasteiger partial charge in [-0.2, -0.15) is 5.10 Å². The van der Waals surface area contributed by atoms with Crippen LogP contribution < -0.4 is 0 Å². The minimum Gasteiger partial charge on any atom is -0.452 e. The topological polar surface area (TPSA) is 71.9 Å². The van der Waals surface area contributed by atoms with Gasteiger partial charge in [0.05, 0.1) is 22.2 Å². The van der Waals surface area contributed by atoms with Gasteiger partial charge in [-0.1, -0.05) is 12.1 Å². The van der Waals surface area contributed by atoms with Crippen molar-refractivity contribution >= 4 is 40.3 Å². The fourth-order valence-corrected chi connectivity index (χ4v) is 4.33. The SMILES string of the molecule is O=C(OCC(=O)N1N=C(c2cccs2)C[C@H]1c1cccs1)c1cccnc1. The Bertz CT molecular complexity index is 954. The Morgan fingerprint density at radius 2 is 2.00 bits per heavy atom. The molecule has 8 heteroatoms. The number of rotatable bonds is 5. The molecule has 1 aliphatic rings. The molecule has 1 amide bonds. The molecular formula is C19H15N3O3S2. The van der Waals surface area contributed by atoms with Crippen LogP contribution >= 0.6 is 22.7 Å². The Kier molecular flexibility index (Phi) is 5.08. The van der Waals surface area contributed by atoms with Crippen molar-refractivity contribution in [3.05, 3.63) is 74.9 Å². The van der Waals surface area contributed by atoms with Crippen LogP contribution in [0.25, 0.3) is 0 Å². The molecule has 3 aromatic rings. The van der Waals surface area contributed by atoms with E-state index in [2.05, 4.69) is 10.1 Å². The molecule has 3 aromatic heterocycles. The molecule has 0 aliphatic carbocycles. The van der Waals surface area contributed by atoms with Gasteiger partial charge in [0.25, 0.3) is 5.91 Å². The number of thiophene rings is 2. The van der Waals surface area contributed by atoms with Crippen molar-refractivity contribution < 1.29 is 14.3 Å². The molecule has 0 radical (unpaired) electrons. The van der Waals surface area contributed by atoms with Crippen LogP contribution in [0.2, 0.25) is 0 Å². The number of pyridine rings is 1. The number of hydrogen-bond acceptors (Lipinski definition) is 7. The van der Waals surface area contributed by atoms with Gasteiger partial charge in [-0.05, 0) is 35.0 Å². The summed E-state index contributed by atoms with van der Waals surface area (Å²) in [6.07, 6.45) is 3.62. The van der Waals surface area contributed by atoms with Crippen molar-refractivity contribution in [2.24, 2.45) is 5.10 Å². The predicted octanol–water partition coefficient (Wildman–Crippen LogP) is 3.74. The Labute approximate surface area is 163 Å².